The molecule has 3 aromatic heterocycles. The summed E-state index contributed by atoms with van der Waals surface area (Å²) in [7, 11) is 0. The van der Waals surface area contributed by atoms with Crippen molar-refractivity contribution in [2.45, 2.75) is 13.8 Å². The molecule has 246 valence electrons. The van der Waals surface area contributed by atoms with Crippen LogP contribution in [0.2, 0.25) is 0 Å². The lowest BCUT2D eigenvalue weighted by molar-refractivity contribution is 0.666. The molecular formula is C47H32N4O. The van der Waals surface area contributed by atoms with Crippen molar-refractivity contribution in [2.24, 2.45) is 0 Å². The van der Waals surface area contributed by atoms with Gasteiger partial charge in [-0.3, -0.25) is 0 Å². The maximum Gasteiger partial charge on any atom is 0.164 e. The number of aryl methyl sites for hydroxylation is 2. The van der Waals surface area contributed by atoms with Gasteiger partial charge >= 0.3 is 0 Å². The van der Waals surface area contributed by atoms with Crippen LogP contribution in [-0.4, -0.2) is 19.5 Å². The number of benzene rings is 7. The standard InChI is InChI=1S/C47H32N4O/c1-29-24-30(2)26-33(25-29)34-27-38-43-37(47-49-45(31-14-5-3-6-15-31)48-46(50-47)32-16-7-4-8-17-32)20-13-23-42(43)52-44(38)41(28-34)51-39-21-11-9-18-35(39)36-19-10-12-22-40(36)51/h3-28H,1-2H3. The normalized spacial score (nSPS) is 11.7. The smallest absolute Gasteiger partial charge is 0.164 e. The molecule has 0 bridgehead atoms. The summed E-state index contributed by atoms with van der Waals surface area (Å²) in [4.78, 5) is 15.2. The highest BCUT2D eigenvalue weighted by Crippen LogP contribution is 2.43. The Balaban J connectivity index is 1.32. The van der Waals surface area contributed by atoms with Gasteiger partial charge in [0.2, 0.25) is 0 Å². The van der Waals surface area contributed by atoms with Crippen LogP contribution >= 0.6 is 0 Å². The number of hydrogen-bond donors (Lipinski definition) is 0. The second-order valence-electron chi connectivity index (χ2n) is 13.4. The molecule has 10 aromatic rings. The van der Waals surface area contributed by atoms with Gasteiger partial charge in [0.25, 0.3) is 0 Å². The van der Waals surface area contributed by atoms with E-state index < -0.39 is 0 Å². The Labute approximate surface area is 300 Å². The van der Waals surface area contributed by atoms with Crippen molar-refractivity contribution < 1.29 is 4.42 Å². The number of nitrogens with zero attached hydrogens (tertiary/aromatic N) is 4. The Morgan fingerprint density at radius 1 is 0.442 bits per heavy atom. The van der Waals surface area contributed by atoms with Gasteiger partial charge in [0, 0.05) is 38.2 Å². The summed E-state index contributed by atoms with van der Waals surface area (Å²) in [6, 6.07) is 54.9. The topological polar surface area (TPSA) is 56.7 Å². The van der Waals surface area contributed by atoms with Crippen molar-refractivity contribution in [3.63, 3.8) is 0 Å². The average molecular weight is 669 g/mol. The van der Waals surface area contributed by atoms with Gasteiger partial charge in [-0.1, -0.05) is 139 Å². The van der Waals surface area contributed by atoms with Crippen LogP contribution in [0.3, 0.4) is 0 Å². The van der Waals surface area contributed by atoms with E-state index in [9.17, 15) is 0 Å². The van der Waals surface area contributed by atoms with Crippen LogP contribution in [0, 0.1) is 13.8 Å². The Bertz CT molecular complexity index is 2850. The molecule has 0 atom stereocenters. The molecule has 0 amide bonds. The number of hydrogen-bond acceptors (Lipinski definition) is 4. The van der Waals surface area contributed by atoms with Crippen molar-refractivity contribution in [1.29, 1.82) is 0 Å². The second-order valence-corrected chi connectivity index (χ2v) is 13.4. The molecule has 5 nitrogen and oxygen atoms in total. The van der Waals surface area contributed by atoms with E-state index in [1.807, 2.05) is 72.8 Å². The summed E-state index contributed by atoms with van der Waals surface area (Å²) < 4.78 is 9.30. The van der Waals surface area contributed by atoms with Crippen molar-refractivity contribution in [1.82, 2.24) is 19.5 Å². The highest BCUT2D eigenvalue weighted by Gasteiger charge is 2.23. The quantitative estimate of drug-likeness (QED) is 0.183. The fourth-order valence-electron chi connectivity index (χ4n) is 7.68. The lowest BCUT2D eigenvalue weighted by Gasteiger charge is -2.13. The molecule has 0 spiro atoms. The first-order valence-corrected chi connectivity index (χ1v) is 17.5. The first kappa shape index (κ1) is 30.0. The molecule has 5 heteroatoms. The van der Waals surface area contributed by atoms with Gasteiger partial charge in [0.1, 0.15) is 5.58 Å². The van der Waals surface area contributed by atoms with Crippen LogP contribution in [0.4, 0.5) is 0 Å². The Kier molecular flexibility index (Phi) is 6.86. The molecule has 0 radical (unpaired) electrons. The molecule has 0 saturated carbocycles. The molecular weight excluding hydrogens is 637 g/mol. The van der Waals surface area contributed by atoms with Gasteiger partial charge in [-0.25, -0.2) is 15.0 Å². The zero-order valence-electron chi connectivity index (χ0n) is 28.7. The molecule has 52 heavy (non-hydrogen) atoms. The predicted molar refractivity (Wildman–Crippen MR) is 213 cm³/mol. The van der Waals surface area contributed by atoms with E-state index in [1.165, 1.54) is 21.9 Å². The molecule has 0 saturated heterocycles. The maximum absolute atomic E-state index is 6.94. The third-order valence-electron chi connectivity index (χ3n) is 9.89. The number of fused-ring (bicyclic) bond motifs is 6. The highest BCUT2D eigenvalue weighted by molar-refractivity contribution is 6.16. The molecule has 3 heterocycles. The molecule has 0 unspecified atom stereocenters. The number of aromatic nitrogens is 4. The summed E-state index contributed by atoms with van der Waals surface area (Å²) in [5.41, 5.74) is 12.3. The lowest BCUT2D eigenvalue weighted by Crippen LogP contribution is -2.00. The SMILES string of the molecule is Cc1cc(C)cc(-c2cc(-n3c4ccccc4c4ccccc43)c3oc4cccc(-c5nc(-c6ccccc6)nc(-c6ccccc6)n5)c4c3c2)c1. The van der Waals surface area contributed by atoms with Gasteiger partial charge < -0.3 is 8.98 Å². The summed E-state index contributed by atoms with van der Waals surface area (Å²) >= 11 is 0. The monoisotopic (exact) mass is 668 g/mol. The molecule has 10 rings (SSSR count). The van der Waals surface area contributed by atoms with Crippen LogP contribution in [0.25, 0.3) is 94.7 Å². The van der Waals surface area contributed by atoms with Crippen molar-refractivity contribution >= 4 is 43.7 Å². The molecule has 0 fully saturated rings. The number of rotatable bonds is 5. The highest BCUT2D eigenvalue weighted by atomic mass is 16.3. The van der Waals surface area contributed by atoms with Gasteiger partial charge in [0.15, 0.2) is 23.1 Å². The van der Waals surface area contributed by atoms with E-state index in [2.05, 4.69) is 103 Å². The van der Waals surface area contributed by atoms with E-state index in [1.54, 1.807) is 0 Å². The fourth-order valence-corrected chi connectivity index (χ4v) is 7.68. The maximum atomic E-state index is 6.94. The zero-order valence-corrected chi connectivity index (χ0v) is 28.7. The van der Waals surface area contributed by atoms with Crippen LogP contribution < -0.4 is 0 Å². The first-order chi connectivity index (χ1) is 25.6. The number of furan rings is 1. The van der Waals surface area contributed by atoms with Crippen LogP contribution in [0.15, 0.2) is 162 Å². The van der Waals surface area contributed by atoms with Crippen molar-refractivity contribution in [3.05, 3.63) is 169 Å². The van der Waals surface area contributed by atoms with Crippen LogP contribution in [0.1, 0.15) is 11.1 Å². The molecule has 7 aromatic carbocycles. The van der Waals surface area contributed by atoms with E-state index >= 15 is 0 Å². The van der Waals surface area contributed by atoms with E-state index in [0.29, 0.717) is 17.5 Å². The van der Waals surface area contributed by atoms with Gasteiger partial charge in [-0.15, -0.1) is 0 Å². The summed E-state index contributed by atoms with van der Waals surface area (Å²) in [5, 5.41) is 4.37. The van der Waals surface area contributed by atoms with Gasteiger partial charge in [-0.05, 0) is 55.3 Å². The molecule has 0 aliphatic rings. The van der Waals surface area contributed by atoms with Crippen LogP contribution in [0.5, 0.6) is 0 Å². The predicted octanol–water partition coefficient (Wildman–Crippen LogP) is 12.2. The Morgan fingerprint density at radius 2 is 0.981 bits per heavy atom. The molecule has 0 aliphatic heterocycles. The fraction of sp³-hybridized carbons (Fsp3) is 0.0426. The Morgan fingerprint density at radius 3 is 1.60 bits per heavy atom. The minimum absolute atomic E-state index is 0.594. The largest absolute Gasteiger partial charge is 0.454 e. The summed E-state index contributed by atoms with van der Waals surface area (Å²) in [6.07, 6.45) is 0. The second kappa shape index (κ2) is 11.9. The van der Waals surface area contributed by atoms with Crippen molar-refractivity contribution in [3.8, 4) is 51.0 Å². The summed E-state index contributed by atoms with van der Waals surface area (Å²) in [5.74, 6) is 1.84. The minimum Gasteiger partial charge on any atom is -0.454 e. The molecule has 0 aliphatic carbocycles. The Hall–Kier alpha value is -6.85. The average Bonchev–Trinajstić information content (AvgIpc) is 3.74. The third-order valence-corrected chi connectivity index (χ3v) is 9.89. The minimum atomic E-state index is 0.594. The first-order valence-electron chi connectivity index (χ1n) is 17.5. The number of para-hydroxylation sites is 2. The van der Waals surface area contributed by atoms with Crippen molar-refractivity contribution in [2.75, 3.05) is 0 Å². The zero-order chi connectivity index (χ0) is 34.8. The van der Waals surface area contributed by atoms with E-state index in [-0.39, 0.29) is 0 Å². The third kappa shape index (κ3) is 4.89. The van der Waals surface area contributed by atoms with E-state index in [4.69, 9.17) is 19.4 Å². The van der Waals surface area contributed by atoms with Crippen LogP contribution in [-0.2, 0) is 0 Å². The van der Waals surface area contributed by atoms with Gasteiger partial charge in [-0.2, -0.15) is 0 Å². The van der Waals surface area contributed by atoms with E-state index in [0.717, 1.165) is 66.5 Å². The lowest BCUT2D eigenvalue weighted by atomic mass is 9.97. The molecule has 0 N–H and O–H groups in total. The summed E-state index contributed by atoms with van der Waals surface area (Å²) in [6.45, 7) is 4.31. The van der Waals surface area contributed by atoms with Gasteiger partial charge in [0.05, 0.1) is 16.7 Å².